The van der Waals surface area contributed by atoms with Crippen molar-refractivity contribution in [3.8, 4) is 0 Å². The van der Waals surface area contributed by atoms with Gasteiger partial charge < -0.3 is 10.1 Å². The van der Waals surface area contributed by atoms with Crippen LogP contribution in [0.2, 0.25) is 0 Å². The quantitative estimate of drug-likeness (QED) is 0.651. The molecule has 110 valence electrons. The van der Waals surface area contributed by atoms with Gasteiger partial charge in [-0.25, -0.2) is 9.18 Å². The molecule has 0 amide bonds. The number of esters is 1. The van der Waals surface area contributed by atoms with Crippen LogP contribution in [-0.4, -0.2) is 19.6 Å². The van der Waals surface area contributed by atoms with Crippen molar-refractivity contribution in [3.05, 3.63) is 65.5 Å². The first-order valence-corrected chi connectivity index (χ1v) is 6.86. The first-order valence-electron chi connectivity index (χ1n) is 6.86. The van der Waals surface area contributed by atoms with Crippen LogP contribution in [0.25, 0.3) is 0 Å². The van der Waals surface area contributed by atoms with E-state index < -0.39 is 11.8 Å². The average Bonchev–Trinajstić information content (AvgIpc) is 2.53. The maximum Gasteiger partial charge on any atom is 0.340 e. The Kier molecular flexibility index (Phi) is 5.32. The van der Waals surface area contributed by atoms with E-state index in [9.17, 15) is 9.18 Å². The van der Waals surface area contributed by atoms with Gasteiger partial charge >= 0.3 is 5.97 Å². The summed E-state index contributed by atoms with van der Waals surface area (Å²) >= 11 is 0. The predicted octanol–water partition coefficient (Wildman–Crippen LogP) is 3.66. The third kappa shape index (κ3) is 4.31. The fraction of sp³-hybridized carbons (Fsp3) is 0.235. The number of benzene rings is 2. The van der Waals surface area contributed by atoms with Crippen LogP contribution in [-0.2, 0) is 11.2 Å². The molecule has 4 heteroatoms. The molecule has 0 aliphatic heterocycles. The Balaban J connectivity index is 1.92. The smallest absolute Gasteiger partial charge is 0.340 e. The standard InChI is InChI=1S/C17H18FNO2/c1-21-17(20)15-12-14(18)9-10-16(15)19-11-5-8-13-6-3-2-4-7-13/h2-4,6-7,9-10,12,19H,5,8,11H2,1H3. The average molecular weight is 287 g/mol. The molecule has 0 bridgehead atoms. The van der Waals surface area contributed by atoms with Crippen molar-refractivity contribution in [2.24, 2.45) is 0 Å². The molecule has 0 saturated carbocycles. The molecule has 0 atom stereocenters. The number of anilines is 1. The maximum atomic E-state index is 13.2. The van der Waals surface area contributed by atoms with Crippen LogP contribution in [0.15, 0.2) is 48.5 Å². The zero-order chi connectivity index (χ0) is 15.1. The summed E-state index contributed by atoms with van der Waals surface area (Å²) in [6.07, 6.45) is 1.87. The molecule has 2 rings (SSSR count). The lowest BCUT2D eigenvalue weighted by molar-refractivity contribution is 0.0601. The number of carbonyl (C=O) groups excluding carboxylic acids is 1. The van der Waals surface area contributed by atoms with Crippen molar-refractivity contribution in [2.45, 2.75) is 12.8 Å². The first-order chi connectivity index (χ1) is 10.2. The second-order valence-corrected chi connectivity index (χ2v) is 4.70. The number of hydrogen-bond donors (Lipinski definition) is 1. The van der Waals surface area contributed by atoms with Gasteiger partial charge in [-0.3, -0.25) is 0 Å². The summed E-state index contributed by atoms with van der Waals surface area (Å²) < 4.78 is 17.9. The third-order valence-corrected chi connectivity index (χ3v) is 3.19. The number of nitrogens with one attached hydrogen (secondary N) is 1. The molecule has 0 fully saturated rings. The van der Waals surface area contributed by atoms with Gasteiger partial charge in [0.1, 0.15) is 5.82 Å². The Morgan fingerprint density at radius 2 is 1.95 bits per heavy atom. The number of ether oxygens (including phenoxy) is 1. The van der Waals surface area contributed by atoms with Gasteiger partial charge in [-0.2, -0.15) is 0 Å². The highest BCUT2D eigenvalue weighted by Crippen LogP contribution is 2.18. The lowest BCUT2D eigenvalue weighted by atomic mass is 10.1. The topological polar surface area (TPSA) is 38.3 Å². The molecule has 0 radical (unpaired) electrons. The van der Waals surface area contributed by atoms with Crippen LogP contribution in [0.4, 0.5) is 10.1 Å². The van der Waals surface area contributed by atoms with Crippen LogP contribution >= 0.6 is 0 Å². The van der Waals surface area contributed by atoms with Gasteiger partial charge in [-0.05, 0) is 36.6 Å². The van der Waals surface area contributed by atoms with E-state index in [0.29, 0.717) is 12.2 Å². The van der Waals surface area contributed by atoms with Crippen molar-refractivity contribution in [3.63, 3.8) is 0 Å². The van der Waals surface area contributed by atoms with E-state index in [1.807, 2.05) is 18.2 Å². The molecule has 0 spiro atoms. The second kappa shape index (κ2) is 7.43. The maximum absolute atomic E-state index is 13.2. The number of rotatable bonds is 6. The van der Waals surface area contributed by atoms with Crippen LogP contribution < -0.4 is 5.32 Å². The third-order valence-electron chi connectivity index (χ3n) is 3.19. The van der Waals surface area contributed by atoms with Gasteiger partial charge in [0.05, 0.1) is 12.7 Å². The molecule has 0 heterocycles. The normalized spacial score (nSPS) is 10.2. The van der Waals surface area contributed by atoms with Gasteiger partial charge in [0.2, 0.25) is 0 Å². The van der Waals surface area contributed by atoms with Gasteiger partial charge in [-0.15, -0.1) is 0 Å². The molecule has 0 aliphatic rings. The highest BCUT2D eigenvalue weighted by molar-refractivity contribution is 5.95. The summed E-state index contributed by atoms with van der Waals surface area (Å²) in [6, 6.07) is 14.2. The largest absolute Gasteiger partial charge is 0.465 e. The minimum absolute atomic E-state index is 0.220. The Morgan fingerprint density at radius 3 is 2.67 bits per heavy atom. The Labute approximate surface area is 123 Å². The summed E-state index contributed by atoms with van der Waals surface area (Å²) in [5, 5.41) is 3.16. The van der Waals surface area contributed by atoms with Crippen LogP contribution in [0, 0.1) is 5.82 Å². The summed E-state index contributed by atoms with van der Waals surface area (Å²) in [5.41, 5.74) is 2.08. The van der Waals surface area contributed by atoms with E-state index in [4.69, 9.17) is 0 Å². The SMILES string of the molecule is COC(=O)c1cc(F)ccc1NCCCc1ccccc1. The van der Waals surface area contributed by atoms with Gasteiger partial charge in [0.25, 0.3) is 0 Å². The minimum atomic E-state index is -0.542. The van der Waals surface area contributed by atoms with E-state index in [-0.39, 0.29) is 5.56 Å². The Morgan fingerprint density at radius 1 is 1.19 bits per heavy atom. The van der Waals surface area contributed by atoms with E-state index in [2.05, 4.69) is 22.2 Å². The molecule has 21 heavy (non-hydrogen) atoms. The molecule has 2 aromatic carbocycles. The first kappa shape index (κ1) is 15.0. The number of aryl methyl sites for hydroxylation is 1. The summed E-state index contributed by atoms with van der Waals surface area (Å²) in [5.74, 6) is -0.995. The second-order valence-electron chi connectivity index (χ2n) is 4.70. The fourth-order valence-electron chi connectivity index (χ4n) is 2.11. The van der Waals surface area contributed by atoms with Crippen molar-refractivity contribution < 1.29 is 13.9 Å². The number of hydrogen-bond acceptors (Lipinski definition) is 3. The molecule has 1 N–H and O–H groups in total. The van der Waals surface area contributed by atoms with E-state index in [1.165, 1.54) is 24.8 Å². The van der Waals surface area contributed by atoms with Gasteiger partial charge in [-0.1, -0.05) is 30.3 Å². The van der Waals surface area contributed by atoms with Crippen molar-refractivity contribution in [1.29, 1.82) is 0 Å². The van der Waals surface area contributed by atoms with Crippen molar-refractivity contribution in [2.75, 3.05) is 19.0 Å². The lowest BCUT2D eigenvalue weighted by Gasteiger charge is -2.11. The zero-order valence-electron chi connectivity index (χ0n) is 11.9. The number of halogens is 1. The van der Waals surface area contributed by atoms with Crippen LogP contribution in [0.3, 0.4) is 0 Å². The Hall–Kier alpha value is -2.36. The summed E-state index contributed by atoms with van der Waals surface area (Å²) in [6.45, 7) is 0.699. The predicted molar refractivity (Wildman–Crippen MR) is 81.0 cm³/mol. The molecular formula is C17H18FNO2. The molecular weight excluding hydrogens is 269 g/mol. The number of carbonyl (C=O) groups is 1. The van der Waals surface area contributed by atoms with Crippen molar-refractivity contribution >= 4 is 11.7 Å². The van der Waals surface area contributed by atoms with E-state index >= 15 is 0 Å². The molecule has 2 aromatic rings. The van der Waals surface area contributed by atoms with Crippen molar-refractivity contribution in [1.82, 2.24) is 0 Å². The number of methoxy groups -OCH3 is 1. The summed E-state index contributed by atoms with van der Waals surface area (Å²) in [4.78, 5) is 11.6. The zero-order valence-corrected chi connectivity index (χ0v) is 11.9. The molecule has 0 aliphatic carbocycles. The van der Waals surface area contributed by atoms with E-state index in [1.54, 1.807) is 6.07 Å². The van der Waals surface area contributed by atoms with E-state index in [0.717, 1.165) is 12.8 Å². The van der Waals surface area contributed by atoms with Crippen LogP contribution in [0.5, 0.6) is 0 Å². The van der Waals surface area contributed by atoms with Gasteiger partial charge in [0.15, 0.2) is 0 Å². The Bertz CT molecular complexity index is 599. The highest BCUT2D eigenvalue weighted by atomic mass is 19.1. The lowest BCUT2D eigenvalue weighted by Crippen LogP contribution is -2.10. The fourth-order valence-corrected chi connectivity index (χ4v) is 2.11. The van der Waals surface area contributed by atoms with Gasteiger partial charge in [0, 0.05) is 12.2 Å². The monoisotopic (exact) mass is 287 g/mol. The highest BCUT2D eigenvalue weighted by Gasteiger charge is 2.12. The molecule has 0 unspecified atom stereocenters. The molecule has 0 aromatic heterocycles. The molecule has 0 saturated heterocycles. The minimum Gasteiger partial charge on any atom is -0.465 e. The molecule has 3 nitrogen and oxygen atoms in total. The summed E-state index contributed by atoms with van der Waals surface area (Å²) in [7, 11) is 1.28. The van der Waals surface area contributed by atoms with Crippen LogP contribution in [0.1, 0.15) is 22.3 Å².